The number of hydrogen-bond donors (Lipinski definition) is 1. The summed E-state index contributed by atoms with van der Waals surface area (Å²) < 4.78 is 16.3. The highest BCUT2D eigenvalue weighted by Crippen LogP contribution is 2.23. The van der Waals surface area contributed by atoms with Gasteiger partial charge in [0.1, 0.15) is 12.4 Å². The van der Waals surface area contributed by atoms with E-state index >= 15 is 0 Å². The zero-order chi connectivity index (χ0) is 14.4. The molecule has 112 valence electrons. The van der Waals surface area contributed by atoms with Gasteiger partial charge in [0, 0.05) is 18.8 Å². The predicted molar refractivity (Wildman–Crippen MR) is 80.5 cm³/mol. The van der Waals surface area contributed by atoms with Crippen LogP contribution in [0, 0.1) is 0 Å². The molecule has 2 rings (SSSR count). The molecule has 0 bridgehead atoms. The summed E-state index contributed by atoms with van der Waals surface area (Å²) in [4.78, 5) is 0. The first-order valence-electron chi connectivity index (χ1n) is 7.31. The van der Waals surface area contributed by atoms with Gasteiger partial charge in [0.15, 0.2) is 0 Å². The van der Waals surface area contributed by atoms with Crippen molar-refractivity contribution < 1.29 is 14.2 Å². The quantitative estimate of drug-likeness (QED) is 0.812. The van der Waals surface area contributed by atoms with Crippen molar-refractivity contribution in [1.29, 1.82) is 0 Å². The third-order valence-corrected chi connectivity index (χ3v) is 3.48. The Balaban J connectivity index is 1.83. The van der Waals surface area contributed by atoms with Crippen molar-refractivity contribution in [3.8, 4) is 5.75 Å². The molecular formula is C16H25NO3. The number of hydrogen-bond acceptors (Lipinski definition) is 4. The van der Waals surface area contributed by atoms with Gasteiger partial charge < -0.3 is 19.5 Å². The Morgan fingerprint density at radius 2 is 1.75 bits per heavy atom. The van der Waals surface area contributed by atoms with Crippen LogP contribution in [0.15, 0.2) is 24.3 Å². The lowest BCUT2D eigenvalue weighted by atomic mass is 9.99. The smallest absolute Gasteiger partial charge is 0.119 e. The Kier molecular flexibility index (Phi) is 5.68. The lowest BCUT2D eigenvalue weighted by Gasteiger charge is -2.33. The average molecular weight is 279 g/mol. The number of nitrogens with one attached hydrogen (secondary N) is 1. The maximum Gasteiger partial charge on any atom is 0.119 e. The second-order valence-corrected chi connectivity index (χ2v) is 5.44. The van der Waals surface area contributed by atoms with Crippen LogP contribution in [-0.2, 0) is 9.47 Å². The number of anilines is 1. The molecule has 1 aliphatic heterocycles. The summed E-state index contributed by atoms with van der Waals surface area (Å²) in [5, 5.41) is 3.58. The van der Waals surface area contributed by atoms with Gasteiger partial charge in [-0.25, -0.2) is 0 Å². The molecule has 1 aliphatic rings. The monoisotopic (exact) mass is 279 g/mol. The van der Waals surface area contributed by atoms with Crippen molar-refractivity contribution >= 4 is 5.69 Å². The molecule has 0 amide bonds. The van der Waals surface area contributed by atoms with Gasteiger partial charge in [-0.1, -0.05) is 0 Å². The van der Waals surface area contributed by atoms with Crippen LogP contribution in [0.2, 0.25) is 0 Å². The summed E-state index contributed by atoms with van der Waals surface area (Å²) in [5.41, 5.74) is 1.13. The minimum Gasteiger partial charge on any atom is -0.491 e. The molecule has 4 nitrogen and oxygen atoms in total. The molecule has 1 fully saturated rings. The zero-order valence-electron chi connectivity index (χ0n) is 12.6. The highest BCUT2D eigenvalue weighted by molar-refractivity contribution is 5.47. The molecule has 1 aromatic rings. The van der Waals surface area contributed by atoms with Crippen LogP contribution < -0.4 is 10.1 Å². The number of ether oxygens (including phenoxy) is 3. The van der Waals surface area contributed by atoms with Gasteiger partial charge >= 0.3 is 0 Å². The number of methoxy groups -OCH3 is 1. The molecule has 1 heterocycles. The van der Waals surface area contributed by atoms with E-state index in [0.29, 0.717) is 31.5 Å². The summed E-state index contributed by atoms with van der Waals surface area (Å²) in [6.07, 6.45) is 2.76. The molecule has 0 aromatic heterocycles. The predicted octanol–water partition coefficient (Wildman–Crippen LogP) is 3.08. The molecule has 1 saturated heterocycles. The first kappa shape index (κ1) is 15.1. The fourth-order valence-electron chi connectivity index (χ4n) is 2.65. The van der Waals surface area contributed by atoms with Gasteiger partial charge in [-0.05, 0) is 51.0 Å². The van der Waals surface area contributed by atoms with Crippen LogP contribution in [0.4, 0.5) is 5.69 Å². The van der Waals surface area contributed by atoms with Crippen LogP contribution in [0.25, 0.3) is 0 Å². The van der Waals surface area contributed by atoms with E-state index in [0.717, 1.165) is 24.3 Å². The van der Waals surface area contributed by atoms with Crippen LogP contribution in [0.5, 0.6) is 5.75 Å². The lowest BCUT2D eigenvalue weighted by molar-refractivity contribution is -0.0337. The maximum atomic E-state index is 5.76. The third kappa shape index (κ3) is 4.69. The van der Waals surface area contributed by atoms with Gasteiger partial charge in [-0.2, -0.15) is 0 Å². The molecule has 2 unspecified atom stereocenters. The van der Waals surface area contributed by atoms with Gasteiger partial charge in [-0.15, -0.1) is 0 Å². The Labute approximate surface area is 121 Å². The van der Waals surface area contributed by atoms with Crippen molar-refractivity contribution in [2.75, 3.05) is 25.6 Å². The molecular weight excluding hydrogens is 254 g/mol. The first-order chi connectivity index (χ1) is 9.67. The van der Waals surface area contributed by atoms with E-state index in [1.807, 2.05) is 12.1 Å². The van der Waals surface area contributed by atoms with Crippen molar-refractivity contribution in [1.82, 2.24) is 0 Å². The first-order valence-corrected chi connectivity index (χ1v) is 7.31. The molecule has 20 heavy (non-hydrogen) atoms. The minimum atomic E-state index is 0.327. The highest BCUT2D eigenvalue weighted by Gasteiger charge is 2.24. The van der Waals surface area contributed by atoms with Gasteiger partial charge in [0.2, 0.25) is 0 Å². The number of benzene rings is 1. The van der Waals surface area contributed by atoms with Gasteiger partial charge in [-0.3, -0.25) is 0 Å². The summed E-state index contributed by atoms with van der Waals surface area (Å²) in [5.74, 6) is 0.876. The summed E-state index contributed by atoms with van der Waals surface area (Å²) in [7, 11) is 1.67. The second kappa shape index (κ2) is 7.50. The normalized spacial score (nSPS) is 26.2. The van der Waals surface area contributed by atoms with Crippen molar-refractivity contribution in [3.63, 3.8) is 0 Å². The van der Waals surface area contributed by atoms with E-state index in [1.165, 1.54) is 0 Å². The van der Waals surface area contributed by atoms with E-state index in [9.17, 15) is 0 Å². The molecule has 0 spiro atoms. The third-order valence-electron chi connectivity index (χ3n) is 3.48. The highest BCUT2D eigenvalue weighted by atomic mass is 16.5. The van der Waals surface area contributed by atoms with Crippen molar-refractivity contribution in [2.24, 2.45) is 0 Å². The fourth-order valence-corrected chi connectivity index (χ4v) is 2.65. The fraction of sp³-hybridized carbons (Fsp3) is 0.625. The molecule has 4 heteroatoms. The van der Waals surface area contributed by atoms with Gasteiger partial charge in [0.25, 0.3) is 0 Å². The summed E-state index contributed by atoms with van der Waals surface area (Å²) in [6, 6.07) is 8.59. The minimum absolute atomic E-state index is 0.327. The lowest BCUT2D eigenvalue weighted by Crippen LogP contribution is -2.36. The van der Waals surface area contributed by atoms with Crippen LogP contribution in [0.3, 0.4) is 0 Å². The van der Waals surface area contributed by atoms with Crippen LogP contribution in [-0.4, -0.2) is 38.6 Å². The maximum absolute atomic E-state index is 5.76. The SMILES string of the molecule is COCCOc1ccc(NC2CC(C)OC(C)C2)cc1. The standard InChI is InChI=1S/C16H25NO3/c1-12-10-15(11-13(2)20-12)17-14-4-6-16(7-5-14)19-9-8-18-3/h4-7,12-13,15,17H,8-11H2,1-3H3. The summed E-state index contributed by atoms with van der Waals surface area (Å²) >= 11 is 0. The Morgan fingerprint density at radius 1 is 1.10 bits per heavy atom. The Bertz CT molecular complexity index is 383. The molecule has 1 N–H and O–H groups in total. The molecule has 0 aliphatic carbocycles. The molecule has 0 radical (unpaired) electrons. The zero-order valence-corrected chi connectivity index (χ0v) is 12.6. The van der Waals surface area contributed by atoms with Crippen molar-refractivity contribution in [2.45, 2.75) is 44.9 Å². The van der Waals surface area contributed by atoms with E-state index in [-0.39, 0.29) is 0 Å². The van der Waals surface area contributed by atoms with E-state index in [1.54, 1.807) is 7.11 Å². The number of rotatable bonds is 6. The Hall–Kier alpha value is -1.26. The average Bonchev–Trinajstić information content (AvgIpc) is 2.40. The second-order valence-electron chi connectivity index (χ2n) is 5.44. The molecule has 1 aromatic carbocycles. The van der Waals surface area contributed by atoms with E-state index in [4.69, 9.17) is 14.2 Å². The molecule has 2 atom stereocenters. The van der Waals surface area contributed by atoms with E-state index < -0.39 is 0 Å². The summed E-state index contributed by atoms with van der Waals surface area (Å²) in [6.45, 7) is 5.46. The van der Waals surface area contributed by atoms with E-state index in [2.05, 4.69) is 31.3 Å². The Morgan fingerprint density at radius 3 is 2.35 bits per heavy atom. The van der Waals surface area contributed by atoms with Crippen LogP contribution >= 0.6 is 0 Å². The van der Waals surface area contributed by atoms with Crippen molar-refractivity contribution in [3.05, 3.63) is 24.3 Å². The molecule has 0 saturated carbocycles. The topological polar surface area (TPSA) is 39.7 Å². The van der Waals surface area contributed by atoms with Crippen LogP contribution in [0.1, 0.15) is 26.7 Å². The largest absolute Gasteiger partial charge is 0.491 e. The van der Waals surface area contributed by atoms with Gasteiger partial charge in [0.05, 0.1) is 18.8 Å².